The normalized spacial score (nSPS) is 12.9. The highest BCUT2D eigenvalue weighted by Gasteiger charge is 2.65. The molecular formula is C30H33NO10S3. The lowest BCUT2D eigenvalue weighted by Gasteiger charge is -2.34. The quantitative estimate of drug-likeness (QED) is 0.185. The van der Waals surface area contributed by atoms with Gasteiger partial charge < -0.3 is 14.8 Å². The van der Waals surface area contributed by atoms with Crippen molar-refractivity contribution in [2.45, 2.75) is 50.3 Å². The van der Waals surface area contributed by atoms with Gasteiger partial charge in [-0.2, -0.15) is 0 Å². The van der Waals surface area contributed by atoms with E-state index in [2.05, 4.69) is 11.9 Å². The van der Waals surface area contributed by atoms with Crippen molar-refractivity contribution >= 4 is 41.6 Å². The Balaban J connectivity index is 2.33. The van der Waals surface area contributed by atoms with E-state index >= 15 is 0 Å². The third kappa shape index (κ3) is 7.03. The van der Waals surface area contributed by atoms with Gasteiger partial charge in [-0.25, -0.2) is 34.8 Å². The Morgan fingerprint density at radius 3 is 1.52 bits per heavy atom. The van der Waals surface area contributed by atoms with Crippen molar-refractivity contribution in [3.63, 3.8) is 0 Å². The third-order valence-corrected chi connectivity index (χ3v) is 16.2. The van der Waals surface area contributed by atoms with Crippen LogP contribution in [-0.2, 0) is 43.8 Å². The van der Waals surface area contributed by atoms with Crippen molar-refractivity contribution in [1.82, 2.24) is 5.32 Å². The Hall–Kier alpha value is -4.01. The molecule has 0 radical (unpaired) electrons. The van der Waals surface area contributed by atoms with E-state index in [-0.39, 0.29) is 6.61 Å². The summed E-state index contributed by atoms with van der Waals surface area (Å²) in [5.41, 5.74) is 0. The van der Waals surface area contributed by atoms with E-state index in [1.807, 2.05) is 0 Å². The second kappa shape index (κ2) is 14.6. The van der Waals surface area contributed by atoms with Crippen LogP contribution in [0, 0.1) is 0 Å². The van der Waals surface area contributed by atoms with E-state index in [0.717, 1.165) is 42.5 Å². The largest absolute Gasteiger partial charge is 0.460 e. The summed E-state index contributed by atoms with van der Waals surface area (Å²) in [5, 5.41) is 2.42. The molecule has 1 atom stereocenters. The second-order valence-electron chi connectivity index (χ2n) is 9.48. The first-order valence-corrected chi connectivity index (χ1v) is 17.9. The van der Waals surface area contributed by atoms with Crippen LogP contribution >= 0.6 is 0 Å². The predicted molar refractivity (Wildman–Crippen MR) is 163 cm³/mol. The first-order valence-electron chi connectivity index (χ1n) is 13.5. The minimum Gasteiger partial charge on any atom is -0.460 e. The van der Waals surface area contributed by atoms with E-state index in [1.54, 1.807) is 6.92 Å². The number of hydrogen-bond acceptors (Lipinski definition) is 10. The fraction of sp³-hybridized carbons (Fsp3) is 0.267. The molecule has 1 N–H and O–H groups in total. The smallest absolute Gasteiger partial charge is 0.407 e. The van der Waals surface area contributed by atoms with Gasteiger partial charge in [-0.1, -0.05) is 68.1 Å². The van der Waals surface area contributed by atoms with Crippen LogP contribution in [0.4, 0.5) is 4.79 Å². The van der Waals surface area contributed by atoms with Gasteiger partial charge in [0.1, 0.15) is 6.61 Å². The zero-order chi connectivity index (χ0) is 32.4. The van der Waals surface area contributed by atoms with E-state index < -0.39 is 85.2 Å². The van der Waals surface area contributed by atoms with Gasteiger partial charge in [-0.15, -0.1) is 0 Å². The summed E-state index contributed by atoms with van der Waals surface area (Å²) in [5.74, 6) is -0.879. The molecule has 0 aliphatic heterocycles. The van der Waals surface area contributed by atoms with E-state index in [1.165, 1.54) is 54.6 Å². The summed E-state index contributed by atoms with van der Waals surface area (Å²) in [7, 11) is -15.9. The monoisotopic (exact) mass is 663 g/mol. The number of sulfone groups is 3. The van der Waals surface area contributed by atoms with Gasteiger partial charge in [0, 0.05) is 6.08 Å². The number of hydrogen-bond donors (Lipinski definition) is 1. The Morgan fingerprint density at radius 2 is 1.16 bits per heavy atom. The molecule has 3 rings (SSSR count). The maximum absolute atomic E-state index is 14.6. The number of ether oxygens (including phenoxy) is 2. The van der Waals surface area contributed by atoms with Gasteiger partial charge in [0.05, 0.1) is 27.3 Å². The fourth-order valence-electron chi connectivity index (χ4n) is 4.37. The first-order chi connectivity index (χ1) is 20.8. The van der Waals surface area contributed by atoms with Gasteiger partial charge in [-0.05, 0) is 55.7 Å². The van der Waals surface area contributed by atoms with Crippen molar-refractivity contribution in [3.05, 3.63) is 104 Å². The number of amides is 1. The van der Waals surface area contributed by atoms with Crippen molar-refractivity contribution in [2.75, 3.05) is 13.2 Å². The number of nitrogens with one attached hydrogen (secondary N) is 1. The minimum absolute atomic E-state index is 0.0299. The molecule has 1 unspecified atom stereocenters. The molecule has 44 heavy (non-hydrogen) atoms. The molecule has 0 bridgehead atoms. The lowest BCUT2D eigenvalue weighted by molar-refractivity contribution is -0.138. The van der Waals surface area contributed by atoms with E-state index in [9.17, 15) is 34.8 Å². The Bertz CT molecular complexity index is 1590. The highest BCUT2D eigenvalue weighted by Crippen LogP contribution is 2.46. The molecule has 0 aliphatic rings. The SMILES string of the molecule is C=CC(=O)OCC(CCC(S(=O)(=O)c1ccccc1)(S(=O)(=O)c1ccccc1)S(=O)(=O)c1ccccc1)NC(=O)OCCC. The zero-order valence-electron chi connectivity index (χ0n) is 23.9. The molecule has 0 heterocycles. The molecule has 0 saturated carbocycles. The lowest BCUT2D eigenvalue weighted by atomic mass is 10.2. The standard InChI is InChI=1S/C30H33NO10S3/c1-3-22-40-29(33)31-24(23-41-28(32)4-2)20-21-30(42(34,35)25-14-8-5-9-15-25,43(36,37)26-16-10-6-11-17-26)44(38,39)27-18-12-7-13-19-27/h4-19,24H,2-3,20-23H2,1H3,(H,31,33). The van der Waals surface area contributed by atoms with Gasteiger partial charge in [0.15, 0.2) is 0 Å². The third-order valence-electron chi connectivity index (χ3n) is 6.54. The molecule has 0 aliphatic carbocycles. The highest BCUT2D eigenvalue weighted by molar-refractivity contribution is 8.25. The topological polar surface area (TPSA) is 167 Å². The maximum Gasteiger partial charge on any atom is 0.407 e. The average molecular weight is 664 g/mol. The summed E-state index contributed by atoms with van der Waals surface area (Å²) in [4.78, 5) is 22.6. The average Bonchev–Trinajstić information content (AvgIpc) is 3.03. The zero-order valence-corrected chi connectivity index (χ0v) is 26.3. The molecule has 1 amide bonds. The molecule has 0 aromatic heterocycles. The van der Waals surface area contributed by atoms with Gasteiger partial charge >= 0.3 is 12.1 Å². The summed E-state index contributed by atoms with van der Waals surface area (Å²) in [6.45, 7) is 4.52. The minimum atomic E-state index is -5.29. The lowest BCUT2D eigenvalue weighted by Crippen LogP contribution is -2.54. The van der Waals surface area contributed by atoms with Crippen LogP contribution < -0.4 is 5.32 Å². The van der Waals surface area contributed by atoms with Crippen molar-refractivity contribution in [1.29, 1.82) is 0 Å². The molecule has 11 nitrogen and oxygen atoms in total. The number of alkyl carbamates (subject to hydrolysis) is 1. The van der Waals surface area contributed by atoms with Crippen LogP contribution in [0.25, 0.3) is 0 Å². The summed E-state index contributed by atoms with van der Waals surface area (Å²) in [6.07, 6.45) is -1.28. The maximum atomic E-state index is 14.6. The van der Waals surface area contributed by atoms with E-state index in [4.69, 9.17) is 9.47 Å². The van der Waals surface area contributed by atoms with Gasteiger partial charge in [0.25, 0.3) is 3.41 Å². The van der Waals surface area contributed by atoms with Crippen molar-refractivity contribution in [2.24, 2.45) is 0 Å². The van der Waals surface area contributed by atoms with Crippen LogP contribution in [-0.4, -0.2) is 60.0 Å². The number of carbonyl (C=O) groups is 2. The molecule has 3 aromatic rings. The molecule has 0 fully saturated rings. The molecule has 236 valence electrons. The van der Waals surface area contributed by atoms with E-state index in [0.29, 0.717) is 6.42 Å². The number of rotatable bonds is 15. The number of esters is 1. The number of carbonyl (C=O) groups excluding carboxylic acids is 2. The van der Waals surface area contributed by atoms with Crippen molar-refractivity contribution in [3.8, 4) is 0 Å². The van der Waals surface area contributed by atoms with Gasteiger partial charge in [0.2, 0.25) is 29.5 Å². The Labute approximate surface area is 257 Å². The summed E-state index contributed by atoms with van der Waals surface area (Å²) < 4.78 is 94.2. The summed E-state index contributed by atoms with van der Waals surface area (Å²) in [6, 6.07) is 17.9. The molecule has 0 saturated heterocycles. The molecular weight excluding hydrogens is 631 g/mol. The molecule has 3 aromatic carbocycles. The number of benzene rings is 3. The first kappa shape index (κ1) is 34.5. The molecule has 0 spiro atoms. The van der Waals surface area contributed by atoms with Crippen LogP contribution in [0.1, 0.15) is 26.2 Å². The van der Waals surface area contributed by atoms with Crippen LogP contribution in [0.15, 0.2) is 118 Å². The van der Waals surface area contributed by atoms with Gasteiger partial charge in [-0.3, -0.25) is 0 Å². The van der Waals surface area contributed by atoms with Crippen LogP contribution in [0.2, 0.25) is 0 Å². The Morgan fingerprint density at radius 1 is 0.750 bits per heavy atom. The fourth-order valence-corrected chi connectivity index (χ4v) is 13.3. The predicted octanol–water partition coefficient (Wildman–Crippen LogP) is 4.08. The van der Waals surface area contributed by atoms with Crippen molar-refractivity contribution < 1.29 is 44.3 Å². The summed E-state index contributed by atoms with van der Waals surface area (Å²) >= 11 is 0. The highest BCUT2D eigenvalue weighted by atomic mass is 32.3. The van der Waals surface area contributed by atoms with Crippen LogP contribution in [0.5, 0.6) is 0 Å². The molecule has 14 heteroatoms. The second-order valence-corrected chi connectivity index (χ2v) is 16.8. The van der Waals surface area contributed by atoms with Crippen LogP contribution in [0.3, 0.4) is 0 Å². The Kier molecular flexibility index (Phi) is 11.5.